The standard InChI is InChI=1S/C17H29NO2/c1-7-10-18-17(13(4)12(2)3)14-8-9-15(19-5)16(11-14)20-6/h8-9,11-13,17-18H,7,10H2,1-6H3. The topological polar surface area (TPSA) is 30.5 Å². The Balaban J connectivity index is 3.06. The van der Waals surface area contributed by atoms with Crippen molar-refractivity contribution in [1.29, 1.82) is 0 Å². The van der Waals surface area contributed by atoms with E-state index in [0.29, 0.717) is 17.9 Å². The van der Waals surface area contributed by atoms with E-state index >= 15 is 0 Å². The van der Waals surface area contributed by atoms with E-state index < -0.39 is 0 Å². The summed E-state index contributed by atoms with van der Waals surface area (Å²) in [6.07, 6.45) is 1.13. The average Bonchev–Trinajstić information content (AvgIpc) is 2.46. The summed E-state index contributed by atoms with van der Waals surface area (Å²) >= 11 is 0. The predicted molar refractivity (Wildman–Crippen MR) is 84.6 cm³/mol. The number of benzene rings is 1. The third-order valence-corrected chi connectivity index (χ3v) is 3.96. The van der Waals surface area contributed by atoms with Crippen molar-refractivity contribution in [2.24, 2.45) is 11.8 Å². The minimum absolute atomic E-state index is 0.342. The highest BCUT2D eigenvalue weighted by Crippen LogP contribution is 2.34. The second kappa shape index (κ2) is 8.15. The summed E-state index contributed by atoms with van der Waals surface area (Å²) in [5.41, 5.74) is 1.26. The second-order valence-electron chi connectivity index (χ2n) is 5.65. The molecule has 1 aromatic rings. The van der Waals surface area contributed by atoms with Crippen molar-refractivity contribution in [2.45, 2.75) is 40.2 Å². The molecule has 1 rings (SSSR count). The fourth-order valence-corrected chi connectivity index (χ4v) is 2.34. The number of nitrogens with one attached hydrogen (secondary N) is 1. The van der Waals surface area contributed by atoms with Crippen molar-refractivity contribution < 1.29 is 9.47 Å². The first-order valence-corrected chi connectivity index (χ1v) is 7.50. The van der Waals surface area contributed by atoms with E-state index in [1.54, 1.807) is 14.2 Å². The fourth-order valence-electron chi connectivity index (χ4n) is 2.34. The van der Waals surface area contributed by atoms with Crippen LogP contribution >= 0.6 is 0 Å². The molecule has 0 spiro atoms. The van der Waals surface area contributed by atoms with Crippen LogP contribution in [0.1, 0.15) is 45.7 Å². The van der Waals surface area contributed by atoms with Crippen molar-refractivity contribution in [1.82, 2.24) is 5.32 Å². The van der Waals surface area contributed by atoms with E-state index in [9.17, 15) is 0 Å². The van der Waals surface area contributed by atoms with Gasteiger partial charge in [-0.05, 0) is 42.5 Å². The zero-order valence-corrected chi connectivity index (χ0v) is 13.7. The molecule has 0 bridgehead atoms. The number of hydrogen-bond acceptors (Lipinski definition) is 3. The van der Waals surface area contributed by atoms with Crippen molar-refractivity contribution in [3.8, 4) is 11.5 Å². The van der Waals surface area contributed by atoms with Gasteiger partial charge in [0.05, 0.1) is 14.2 Å². The van der Waals surface area contributed by atoms with Crippen LogP contribution in [0, 0.1) is 11.8 Å². The molecule has 0 amide bonds. The summed E-state index contributed by atoms with van der Waals surface area (Å²) in [6, 6.07) is 6.55. The molecule has 0 fully saturated rings. The van der Waals surface area contributed by atoms with E-state index in [1.807, 2.05) is 6.07 Å². The van der Waals surface area contributed by atoms with Gasteiger partial charge in [0.1, 0.15) is 0 Å². The van der Waals surface area contributed by atoms with Gasteiger partial charge in [-0.1, -0.05) is 33.8 Å². The van der Waals surface area contributed by atoms with Gasteiger partial charge in [-0.2, -0.15) is 0 Å². The highest BCUT2D eigenvalue weighted by atomic mass is 16.5. The van der Waals surface area contributed by atoms with Crippen LogP contribution in [0.4, 0.5) is 0 Å². The lowest BCUT2D eigenvalue weighted by Crippen LogP contribution is -2.30. The molecule has 0 aromatic heterocycles. The Kier molecular flexibility index (Phi) is 6.86. The molecule has 20 heavy (non-hydrogen) atoms. The van der Waals surface area contributed by atoms with Gasteiger partial charge in [-0.3, -0.25) is 0 Å². The van der Waals surface area contributed by atoms with Crippen LogP contribution in [-0.4, -0.2) is 20.8 Å². The monoisotopic (exact) mass is 279 g/mol. The van der Waals surface area contributed by atoms with E-state index in [4.69, 9.17) is 9.47 Å². The Morgan fingerprint density at radius 3 is 2.20 bits per heavy atom. The molecule has 0 radical (unpaired) electrons. The van der Waals surface area contributed by atoms with Gasteiger partial charge in [0.25, 0.3) is 0 Å². The second-order valence-corrected chi connectivity index (χ2v) is 5.65. The van der Waals surface area contributed by atoms with Gasteiger partial charge in [0, 0.05) is 6.04 Å². The first kappa shape index (κ1) is 16.8. The normalized spacial score (nSPS) is 14.2. The molecule has 0 heterocycles. The number of ether oxygens (including phenoxy) is 2. The molecule has 0 saturated heterocycles. The van der Waals surface area contributed by atoms with Crippen LogP contribution in [0.3, 0.4) is 0 Å². The van der Waals surface area contributed by atoms with Crippen LogP contribution in [0.25, 0.3) is 0 Å². The Labute approximate surface area is 123 Å². The average molecular weight is 279 g/mol. The molecule has 3 nitrogen and oxygen atoms in total. The molecular formula is C17H29NO2. The number of rotatable bonds is 8. The third-order valence-electron chi connectivity index (χ3n) is 3.96. The van der Waals surface area contributed by atoms with Crippen LogP contribution < -0.4 is 14.8 Å². The van der Waals surface area contributed by atoms with Crippen molar-refractivity contribution in [3.63, 3.8) is 0 Å². The maximum atomic E-state index is 5.42. The largest absolute Gasteiger partial charge is 0.493 e. The fraction of sp³-hybridized carbons (Fsp3) is 0.647. The van der Waals surface area contributed by atoms with Crippen LogP contribution in [-0.2, 0) is 0 Å². The van der Waals surface area contributed by atoms with E-state index in [2.05, 4.69) is 45.1 Å². The first-order valence-electron chi connectivity index (χ1n) is 7.50. The molecule has 114 valence electrons. The summed E-state index contributed by atoms with van der Waals surface area (Å²) in [7, 11) is 3.35. The molecule has 0 aliphatic carbocycles. The Hall–Kier alpha value is -1.22. The van der Waals surface area contributed by atoms with Gasteiger partial charge in [0.15, 0.2) is 11.5 Å². The molecule has 0 aliphatic rings. The highest BCUT2D eigenvalue weighted by Gasteiger charge is 2.22. The molecule has 0 aliphatic heterocycles. The van der Waals surface area contributed by atoms with Gasteiger partial charge >= 0.3 is 0 Å². The smallest absolute Gasteiger partial charge is 0.161 e. The Morgan fingerprint density at radius 1 is 1.05 bits per heavy atom. The van der Waals surface area contributed by atoms with Crippen LogP contribution in [0.5, 0.6) is 11.5 Å². The predicted octanol–water partition coefficient (Wildman–Crippen LogP) is 4.04. The maximum Gasteiger partial charge on any atom is 0.161 e. The van der Waals surface area contributed by atoms with Crippen molar-refractivity contribution in [2.75, 3.05) is 20.8 Å². The molecular weight excluding hydrogens is 250 g/mol. The quantitative estimate of drug-likeness (QED) is 0.779. The molecule has 1 aromatic carbocycles. The zero-order chi connectivity index (χ0) is 15.1. The molecule has 2 unspecified atom stereocenters. The summed E-state index contributed by atoms with van der Waals surface area (Å²) in [5.74, 6) is 2.75. The lowest BCUT2D eigenvalue weighted by atomic mass is 9.86. The number of methoxy groups -OCH3 is 2. The zero-order valence-electron chi connectivity index (χ0n) is 13.7. The minimum Gasteiger partial charge on any atom is -0.493 e. The van der Waals surface area contributed by atoms with Crippen LogP contribution in [0.15, 0.2) is 18.2 Å². The van der Waals surface area contributed by atoms with E-state index in [1.165, 1.54) is 5.56 Å². The van der Waals surface area contributed by atoms with Gasteiger partial charge in [-0.15, -0.1) is 0 Å². The summed E-state index contributed by atoms with van der Waals surface area (Å²) in [5, 5.41) is 3.66. The molecule has 2 atom stereocenters. The van der Waals surface area contributed by atoms with Crippen LogP contribution in [0.2, 0.25) is 0 Å². The third kappa shape index (κ3) is 4.14. The first-order chi connectivity index (χ1) is 9.54. The molecule has 0 saturated carbocycles. The van der Waals surface area contributed by atoms with E-state index in [0.717, 1.165) is 24.5 Å². The summed E-state index contributed by atoms with van der Waals surface area (Å²) in [4.78, 5) is 0. The Morgan fingerprint density at radius 2 is 1.70 bits per heavy atom. The van der Waals surface area contributed by atoms with E-state index in [-0.39, 0.29) is 0 Å². The van der Waals surface area contributed by atoms with Crippen molar-refractivity contribution in [3.05, 3.63) is 23.8 Å². The molecule has 1 N–H and O–H groups in total. The van der Waals surface area contributed by atoms with Gasteiger partial charge in [0.2, 0.25) is 0 Å². The number of hydrogen-bond donors (Lipinski definition) is 1. The lowest BCUT2D eigenvalue weighted by Gasteiger charge is -2.29. The minimum atomic E-state index is 0.342. The SMILES string of the molecule is CCCNC(c1ccc(OC)c(OC)c1)C(C)C(C)C. The van der Waals surface area contributed by atoms with Crippen molar-refractivity contribution >= 4 is 0 Å². The summed E-state index contributed by atoms with van der Waals surface area (Å²) in [6.45, 7) is 10.1. The summed E-state index contributed by atoms with van der Waals surface area (Å²) < 4.78 is 10.7. The Bertz CT molecular complexity index is 404. The molecule has 3 heteroatoms. The maximum absolute atomic E-state index is 5.42. The lowest BCUT2D eigenvalue weighted by molar-refractivity contribution is 0.301. The highest BCUT2D eigenvalue weighted by molar-refractivity contribution is 5.44. The van der Waals surface area contributed by atoms with Gasteiger partial charge < -0.3 is 14.8 Å². The van der Waals surface area contributed by atoms with Gasteiger partial charge in [-0.25, -0.2) is 0 Å².